The summed E-state index contributed by atoms with van der Waals surface area (Å²) in [6, 6.07) is 29.5. The molecule has 0 aliphatic rings. The van der Waals surface area contributed by atoms with E-state index in [1.165, 1.54) is 18.2 Å². The van der Waals surface area contributed by atoms with E-state index in [2.05, 4.69) is 24.9 Å². The fraction of sp³-hybridized carbons (Fsp3) is 0.0909. The standard InChI is InChI=1S/C17H15N3O2.C16H13N3O2.Li.H2O/c1-12-3-9-15(10-4-12)20-11-18-16(19-20)13-5-7-14(8-6-13)17(21)22-2;1-11-2-8-14(9-3-11)19-10-17-15(18-19)12-4-6-13(7-5-12)16(20)21;;/h3-11H,1-2H3;2-10H,1H3,(H,20,21);;1H2/q;;+1;/p-1. The predicted molar refractivity (Wildman–Crippen MR) is 163 cm³/mol. The molecule has 0 fully saturated rings. The molecule has 2 heterocycles. The van der Waals surface area contributed by atoms with Crippen LogP contribution in [0.4, 0.5) is 0 Å². The number of nitrogens with zero attached hydrogens (tertiary/aromatic N) is 6. The number of aryl methyl sites for hydroxylation is 2. The van der Waals surface area contributed by atoms with Crippen molar-refractivity contribution in [2.45, 2.75) is 13.8 Å². The Bertz CT molecular complexity index is 1850. The van der Waals surface area contributed by atoms with Gasteiger partial charge in [-0.05, 0) is 62.4 Å². The first-order valence-corrected chi connectivity index (χ1v) is 13.3. The third-order valence-corrected chi connectivity index (χ3v) is 6.53. The second-order valence-electron chi connectivity index (χ2n) is 9.65. The minimum absolute atomic E-state index is 0. The van der Waals surface area contributed by atoms with Crippen molar-refractivity contribution in [3.63, 3.8) is 0 Å². The number of ether oxygens (including phenoxy) is 1. The molecule has 11 nitrogen and oxygen atoms in total. The predicted octanol–water partition coefficient (Wildman–Crippen LogP) is 2.80. The normalized spacial score (nSPS) is 10.0. The van der Waals surface area contributed by atoms with Gasteiger partial charge in [-0.1, -0.05) is 59.7 Å². The van der Waals surface area contributed by atoms with E-state index in [0.29, 0.717) is 17.2 Å². The van der Waals surface area contributed by atoms with Crippen molar-refractivity contribution in [2.75, 3.05) is 7.11 Å². The number of aromatic carboxylic acids is 1. The molecule has 2 aromatic heterocycles. The molecule has 4 aromatic carbocycles. The van der Waals surface area contributed by atoms with Crippen LogP contribution in [-0.4, -0.2) is 59.2 Å². The van der Waals surface area contributed by atoms with E-state index in [9.17, 15) is 9.59 Å². The summed E-state index contributed by atoms with van der Waals surface area (Å²) in [4.78, 5) is 30.8. The van der Waals surface area contributed by atoms with Gasteiger partial charge in [0.1, 0.15) is 12.7 Å². The monoisotopic (exact) mass is 596 g/mol. The molecule has 12 heteroatoms. The van der Waals surface area contributed by atoms with Gasteiger partial charge in [-0.3, -0.25) is 0 Å². The van der Waals surface area contributed by atoms with E-state index >= 15 is 0 Å². The Kier molecular flexibility index (Phi) is 11.7. The second-order valence-corrected chi connectivity index (χ2v) is 9.65. The molecule has 45 heavy (non-hydrogen) atoms. The molecule has 0 unspecified atom stereocenters. The van der Waals surface area contributed by atoms with Gasteiger partial charge in [0, 0.05) is 11.1 Å². The van der Waals surface area contributed by atoms with E-state index < -0.39 is 5.97 Å². The van der Waals surface area contributed by atoms with Crippen LogP contribution in [0.25, 0.3) is 34.2 Å². The zero-order valence-corrected chi connectivity index (χ0v) is 25.2. The van der Waals surface area contributed by atoms with Gasteiger partial charge in [-0.15, -0.1) is 10.2 Å². The van der Waals surface area contributed by atoms with Gasteiger partial charge in [0.2, 0.25) is 0 Å². The topological polar surface area (TPSA) is 155 Å². The Hall–Kier alpha value is -5.34. The van der Waals surface area contributed by atoms with Crippen LogP contribution in [0.2, 0.25) is 0 Å². The summed E-state index contributed by atoms with van der Waals surface area (Å²) in [5.41, 5.74) is 6.65. The number of carboxylic acid groups (broad SMARTS) is 1. The van der Waals surface area contributed by atoms with Gasteiger partial charge < -0.3 is 15.3 Å². The van der Waals surface area contributed by atoms with Crippen LogP contribution in [0, 0.1) is 13.8 Å². The van der Waals surface area contributed by atoms with Crippen molar-refractivity contribution in [1.82, 2.24) is 29.5 Å². The van der Waals surface area contributed by atoms with E-state index in [4.69, 9.17) is 5.11 Å². The van der Waals surface area contributed by atoms with Crippen LogP contribution in [0.3, 0.4) is 0 Å². The van der Waals surface area contributed by atoms with Gasteiger partial charge >= 0.3 is 30.8 Å². The number of carboxylic acids is 1. The van der Waals surface area contributed by atoms with Crippen LogP contribution < -0.4 is 18.9 Å². The first-order valence-electron chi connectivity index (χ1n) is 13.3. The summed E-state index contributed by atoms with van der Waals surface area (Å²) < 4.78 is 8.10. The number of hydrogen-bond acceptors (Lipinski definition) is 8. The van der Waals surface area contributed by atoms with Crippen LogP contribution >= 0.6 is 0 Å². The van der Waals surface area contributed by atoms with E-state index in [1.54, 1.807) is 70.5 Å². The van der Waals surface area contributed by atoms with Crippen molar-refractivity contribution in [2.24, 2.45) is 0 Å². The average Bonchev–Trinajstić information content (AvgIpc) is 3.73. The SMILES string of the molecule is COC(=O)c1ccc(-c2ncn(-c3ccc(C)cc3)n2)cc1.Cc1ccc(-n2cnc(-c3ccc(C(=O)O)cc3)n2)cc1.[Li+].[OH-]. The summed E-state index contributed by atoms with van der Waals surface area (Å²) >= 11 is 0. The smallest absolute Gasteiger partial charge is 0.870 e. The molecular formula is C33H29LiN6O5. The quantitative estimate of drug-likeness (QED) is 0.226. The van der Waals surface area contributed by atoms with Gasteiger partial charge in [-0.2, -0.15) is 0 Å². The van der Waals surface area contributed by atoms with Crippen LogP contribution in [0.1, 0.15) is 31.8 Å². The molecule has 0 aliphatic heterocycles. The molecule has 222 valence electrons. The number of carbonyl (C=O) groups excluding carboxylic acids is 1. The molecule has 6 rings (SSSR count). The molecule has 2 N–H and O–H groups in total. The maximum Gasteiger partial charge on any atom is 1.00 e. The summed E-state index contributed by atoms with van der Waals surface area (Å²) in [6.45, 7) is 4.07. The number of carbonyl (C=O) groups is 2. The summed E-state index contributed by atoms with van der Waals surface area (Å²) in [5.74, 6) is -0.131. The number of hydrogen-bond donors (Lipinski definition) is 1. The molecule has 0 atom stereocenters. The minimum Gasteiger partial charge on any atom is -0.870 e. The maximum atomic E-state index is 11.4. The summed E-state index contributed by atoms with van der Waals surface area (Å²) in [7, 11) is 1.36. The molecule has 0 amide bonds. The van der Waals surface area contributed by atoms with E-state index in [-0.39, 0.29) is 35.9 Å². The molecule has 0 aliphatic carbocycles. The Labute approximate surface area is 271 Å². The fourth-order valence-electron chi connectivity index (χ4n) is 4.07. The Morgan fingerprint density at radius 1 is 0.622 bits per heavy atom. The third kappa shape index (κ3) is 8.40. The Morgan fingerprint density at radius 2 is 1.00 bits per heavy atom. The maximum absolute atomic E-state index is 11.4. The van der Waals surface area contributed by atoms with Gasteiger partial charge in [0.15, 0.2) is 11.6 Å². The zero-order valence-electron chi connectivity index (χ0n) is 25.2. The van der Waals surface area contributed by atoms with E-state index in [1.807, 2.05) is 62.4 Å². The first kappa shape index (κ1) is 34.2. The Morgan fingerprint density at radius 3 is 1.36 bits per heavy atom. The number of esters is 1. The molecular weight excluding hydrogens is 567 g/mol. The zero-order chi connectivity index (χ0) is 30.3. The van der Waals surface area contributed by atoms with Crippen LogP contribution in [0.15, 0.2) is 110 Å². The van der Waals surface area contributed by atoms with Gasteiger partial charge in [0.05, 0.1) is 29.6 Å². The Balaban J connectivity index is 0.000000235. The van der Waals surface area contributed by atoms with Crippen LogP contribution in [-0.2, 0) is 4.74 Å². The average molecular weight is 597 g/mol. The number of methoxy groups -OCH3 is 1. The van der Waals surface area contributed by atoms with Crippen molar-refractivity contribution in [1.29, 1.82) is 0 Å². The van der Waals surface area contributed by atoms with Crippen molar-refractivity contribution in [3.05, 3.63) is 132 Å². The minimum atomic E-state index is -0.945. The third-order valence-electron chi connectivity index (χ3n) is 6.53. The molecule has 0 bridgehead atoms. The van der Waals surface area contributed by atoms with Crippen molar-refractivity contribution in [3.8, 4) is 34.2 Å². The van der Waals surface area contributed by atoms with Gasteiger partial charge in [0.25, 0.3) is 0 Å². The molecule has 0 saturated heterocycles. The molecule has 0 radical (unpaired) electrons. The first-order chi connectivity index (χ1) is 20.8. The summed E-state index contributed by atoms with van der Waals surface area (Å²) in [5, 5.41) is 17.8. The number of aromatic nitrogens is 6. The number of rotatable bonds is 6. The fourth-order valence-corrected chi connectivity index (χ4v) is 4.07. The molecule has 0 spiro atoms. The van der Waals surface area contributed by atoms with E-state index in [0.717, 1.165) is 22.5 Å². The largest absolute Gasteiger partial charge is 1.00 e. The number of benzene rings is 4. The van der Waals surface area contributed by atoms with Crippen molar-refractivity contribution < 1.29 is 43.8 Å². The summed E-state index contributed by atoms with van der Waals surface area (Å²) in [6.07, 6.45) is 3.32. The second kappa shape index (κ2) is 15.4. The molecule has 6 aromatic rings. The van der Waals surface area contributed by atoms with Crippen LogP contribution in [0.5, 0.6) is 0 Å². The molecule has 0 saturated carbocycles. The van der Waals surface area contributed by atoms with Crippen molar-refractivity contribution >= 4 is 11.9 Å². The van der Waals surface area contributed by atoms with Gasteiger partial charge in [-0.25, -0.2) is 28.9 Å².